The van der Waals surface area contributed by atoms with Gasteiger partial charge in [-0.05, 0) is 59.8 Å². The molecule has 0 saturated carbocycles. The molecule has 0 aliphatic carbocycles. The third-order valence-electron chi connectivity index (χ3n) is 3.11. The number of carbonyl (C=O) groups excluding carboxylic acids is 1. The summed E-state index contributed by atoms with van der Waals surface area (Å²) in [5, 5.41) is 13.8. The topological polar surface area (TPSA) is 84.6 Å². The lowest BCUT2D eigenvalue weighted by atomic mass is 10.2. The predicted octanol–water partition coefficient (Wildman–Crippen LogP) is 4.25. The highest BCUT2D eigenvalue weighted by molar-refractivity contribution is 9.10. The average molecular weight is 404 g/mol. The molecule has 2 aromatic carbocycles. The zero-order valence-corrected chi connectivity index (χ0v) is 14.5. The van der Waals surface area contributed by atoms with Crippen LogP contribution in [0, 0.1) is 10.1 Å². The Bertz CT molecular complexity index is 861. The van der Waals surface area contributed by atoms with E-state index in [-0.39, 0.29) is 11.6 Å². The van der Waals surface area contributed by atoms with Gasteiger partial charge in [0, 0.05) is 16.6 Å². The average Bonchev–Trinajstić information content (AvgIpc) is 2.89. The highest BCUT2D eigenvalue weighted by Crippen LogP contribution is 2.28. The van der Waals surface area contributed by atoms with E-state index in [9.17, 15) is 14.9 Å². The number of amides is 1. The van der Waals surface area contributed by atoms with Gasteiger partial charge in [0.05, 0.1) is 15.5 Å². The van der Waals surface area contributed by atoms with Crippen molar-refractivity contribution >= 4 is 56.2 Å². The van der Waals surface area contributed by atoms with Crippen molar-refractivity contribution in [1.29, 1.82) is 0 Å². The van der Waals surface area contributed by atoms with E-state index in [1.165, 1.54) is 23.9 Å². The van der Waals surface area contributed by atoms with Gasteiger partial charge in [-0.1, -0.05) is 15.9 Å². The molecule has 2 aromatic rings. The van der Waals surface area contributed by atoms with Crippen LogP contribution >= 0.6 is 27.7 Å². The number of non-ortho nitro benzene ring substituents is 1. The van der Waals surface area contributed by atoms with Crippen molar-refractivity contribution in [3.05, 3.63) is 73.6 Å². The summed E-state index contributed by atoms with van der Waals surface area (Å²) in [5.74, 6) is -0.241. The predicted molar refractivity (Wildman–Crippen MR) is 98.0 cm³/mol. The Morgan fingerprint density at radius 2 is 1.79 bits per heavy atom. The summed E-state index contributed by atoms with van der Waals surface area (Å²) in [6.07, 6.45) is 1.67. The molecule has 6 nitrogen and oxygen atoms in total. The molecule has 1 aliphatic rings. The first-order chi connectivity index (χ1) is 11.5. The Kier molecular flexibility index (Phi) is 4.77. The summed E-state index contributed by atoms with van der Waals surface area (Å²) in [7, 11) is 0. The molecule has 24 heavy (non-hydrogen) atoms. The monoisotopic (exact) mass is 403 g/mol. The Balaban J connectivity index is 1.79. The fourth-order valence-electron chi connectivity index (χ4n) is 1.96. The minimum atomic E-state index is -0.461. The van der Waals surface area contributed by atoms with Crippen LogP contribution in [0.25, 0.3) is 6.08 Å². The van der Waals surface area contributed by atoms with E-state index in [4.69, 9.17) is 0 Å². The first-order valence-corrected chi connectivity index (χ1v) is 8.42. The van der Waals surface area contributed by atoms with Crippen molar-refractivity contribution in [1.82, 2.24) is 5.32 Å². The molecule has 0 aromatic heterocycles. The normalized spacial score (nSPS) is 17.3. The summed E-state index contributed by atoms with van der Waals surface area (Å²) in [5.41, 5.74) is 1.46. The quantitative estimate of drug-likeness (QED) is 0.471. The van der Waals surface area contributed by atoms with Gasteiger partial charge < -0.3 is 5.32 Å². The van der Waals surface area contributed by atoms with Gasteiger partial charge in [-0.2, -0.15) is 0 Å². The van der Waals surface area contributed by atoms with Crippen molar-refractivity contribution in [2.24, 2.45) is 4.99 Å². The number of nitrogens with one attached hydrogen (secondary N) is 1. The molecule has 0 unspecified atom stereocenters. The summed E-state index contributed by atoms with van der Waals surface area (Å²) in [6, 6.07) is 13.4. The number of hydrogen-bond donors (Lipinski definition) is 1. The summed E-state index contributed by atoms with van der Waals surface area (Å²) < 4.78 is 0.952. The number of nitrogens with zero attached hydrogens (tertiary/aromatic N) is 2. The summed E-state index contributed by atoms with van der Waals surface area (Å²) >= 11 is 4.58. The zero-order chi connectivity index (χ0) is 17.1. The van der Waals surface area contributed by atoms with E-state index < -0.39 is 4.92 Å². The van der Waals surface area contributed by atoms with Gasteiger partial charge >= 0.3 is 0 Å². The molecule has 1 fully saturated rings. The molecule has 1 N–H and O–H groups in total. The molecule has 1 heterocycles. The van der Waals surface area contributed by atoms with Gasteiger partial charge in [0.1, 0.15) is 0 Å². The third kappa shape index (κ3) is 3.90. The van der Waals surface area contributed by atoms with Crippen LogP contribution in [0.3, 0.4) is 0 Å². The van der Waals surface area contributed by atoms with E-state index in [0.717, 1.165) is 10.2 Å². The Labute approximate surface area is 150 Å². The van der Waals surface area contributed by atoms with Crippen LogP contribution in [-0.4, -0.2) is 16.0 Å². The number of nitro benzene ring substituents is 1. The molecule has 1 aliphatic heterocycles. The Morgan fingerprint density at radius 1 is 1.12 bits per heavy atom. The van der Waals surface area contributed by atoms with Gasteiger partial charge in [0.25, 0.3) is 11.6 Å². The maximum atomic E-state index is 12.0. The van der Waals surface area contributed by atoms with Gasteiger partial charge in [0.2, 0.25) is 0 Å². The number of aliphatic imine (C=N–C) groups is 1. The number of hydrogen-bond acceptors (Lipinski definition) is 5. The largest absolute Gasteiger partial charge is 0.300 e. The summed E-state index contributed by atoms with van der Waals surface area (Å²) in [4.78, 5) is 27.1. The highest BCUT2D eigenvalue weighted by Gasteiger charge is 2.23. The SMILES string of the molecule is O=C1NC(=Nc2ccc(Br)cc2)S/C1=C/c1ccc([N+](=O)[O-])cc1. The van der Waals surface area contributed by atoms with Crippen molar-refractivity contribution in [2.45, 2.75) is 0 Å². The molecule has 0 spiro atoms. The van der Waals surface area contributed by atoms with Crippen LogP contribution < -0.4 is 5.32 Å². The van der Waals surface area contributed by atoms with E-state index in [1.54, 1.807) is 18.2 Å². The maximum absolute atomic E-state index is 12.0. The van der Waals surface area contributed by atoms with Gasteiger partial charge in [-0.25, -0.2) is 4.99 Å². The first kappa shape index (κ1) is 16.4. The van der Waals surface area contributed by atoms with Crippen molar-refractivity contribution in [3.8, 4) is 0 Å². The van der Waals surface area contributed by atoms with Gasteiger partial charge in [-0.15, -0.1) is 0 Å². The van der Waals surface area contributed by atoms with Crippen LogP contribution in [0.2, 0.25) is 0 Å². The Morgan fingerprint density at radius 3 is 2.42 bits per heavy atom. The third-order valence-corrected chi connectivity index (χ3v) is 4.55. The highest BCUT2D eigenvalue weighted by atomic mass is 79.9. The number of rotatable bonds is 3. The second kappa shape index (κ2) is 6.98. The molecule has 1 saturated heterocycles. The number of carbonyl (C=O) groups is 1. The van der Waals surface area contributed by atoms with Crippen LogP contribution in [0.4, 0.5) is 11.4 Å². The van der Waals surface area contributed by atoms with Crippen molar-refractivity contribution in [2.75, 3.05) is 0 Å². The standard InChI is InChI=1S/C16H10BrN3O3S/c17-11-3-5-12(6-4-11)18-16-19-15(21)14(24-16)9-10-1-7-13(8-2-10)20(22)23/h1-9H,(H,18,19,21)/b14-9+. The first-order valence-electron chi connectivity index (χ1n) is 6.81. The van der Waals surface area contributed by atoms with E-state index in [2.05, 4.69) is 26.2 Å². The molecular formula is C16H10BrN3O3S. The summed E-state index contributed by atoms with van der Waals surface area (Å²) in [6.45, 7) is 0. The number of amidine groups is 1. The molecule has 3 rings (SSSR count). The minimum Gasteiger partial charge on any atom is -0.300 e. The molecular weight excluding hydrogens is 394 g/mol. The molecule has 0 atom stereocenters. The molecule has 8 heteroatoms. The fraction of sp³-hybridized carbons (Fsp3) is 0. The minimum absolute atomic E-state index is 0.0122. The second-order valence-electron chi connectivity index (χ2n) is 4.81. The van der Waals surface area contributed by atoms with Crippen molar-refractivity contribution < 1.29 is 9.72 Å². The van der Waals surface area contributed by atoms with Gasteiger partial charge in [0.15, 0.2) is 5.17 Å². The number of halogens is 1. The van der Waals surface area contributed by atoms with Crippen LogP contribution in [0.1, 0.15) is 5.56 Å². The van der Waals surface area contributed by atoms with Crippen LogP contribution in [-0.2, 0) is 4.79 Å². The lowest BCUT2D eigenvalue weighted by Gasteiger charge is -1.96. The van der Waals surface area contributed by atoms with E-state index in [0.29, 0.717) is 15.6 Å². The number of benzene rings is 2. The van der Waals surface area contributed by atoms with Gasteiger partial charge in [-0.3, -0.25) is 14.9 Å². The molecule has 0 radical (unpaired) electrons. The van der Waals surface area contributed by atoms with E-state index in [1.807, 2.05) is 24.3 Å². The van der Waals surface area contributed by atoms with Crippen LogP contribution in [0.15, 0.2) is 62.9 Å². The van der Waals surface area contributed by atoms with Crippen molar-refractivity contribution in [3.63, 3.8) is 0 Å². The fourth-order valence-corrected chi connectivity index (χ4v) is 3.06. The molecule has 1 amide bonds. The number of thioether (sulfide) groups is 1. The zero-order valence-electron chi connectivity index (χ0n) is 12.1. The molecule has 120 valence electrons. The molecule has 0 bridgehead atoms. The van der Waals surface area contributed by atoms with E-state index >= 15 is 0 Å². The Hall–Kier alpha value is -2.45. The lowest BCUT2D eigenvalue weighted by molar-refractivity contribution is -0.384. The number of nitro groups is 1. The lowest BCUT2D eigenvalue weighted by Crippen LogP contribution is -2.19. The smallest absolute Gasteiger partial charge is 0.269 e. The van der Waals surface area contributed by atoms with Crippen LogP contribution in [0.5, 0.6) is 0 Å². The maximum Gasteiger partial charge on any atom is 0.269 e. The second-order valence-corrected chi connectivity index (χ2v) is 6.75.